The van der Waals surface area contributed by atoms with Crippen molar-refractivity contribution >= 4 is 5.69 Å². The fourth-order valence-corrected chi connectivity index (χ4v) is 1.77. The Morgan fingerprint density at radius 2 is 1.93 bits per heavy atom. The summed E-state index contributed by atoms with van der Waals surface area (Å²) in [7, 11) is 0. The van der Waals surface area contributed by atoms with Crippen molar-refractivity contribution in [2.75, 3.05) is 5.73 Å². The van der Waals surface area contributed by atoms with E-state index in [1.54, 1.807) is 12.1 Å². The van der Waals surface area contributed by atoms with E-state index in [1.165, 1.54) is 0 Å². The highest BCUT2D eigenvalue weighted by Gasteiger charge is 2.26. The third-order valence-corrected chi connectivity index (χ3v) is 2.59. The lowest BCUT2D eigenvalue weighted by atomic mass is 10.2. The van der Waals surface area contributed by atoms with Crippen molar-refractivity contribution in [1.82, 2.24) is 0 Å². The minimum atomic E-state index is -0.312. The molecule has 3 heteroatoms. The smallest absolute Gasteiger partial charge is 0.124 e. The Morgan fingerprint density at radius 1 is 1.21 bits per heavy atom. The van der Waals surface area contributed by atoms with Crippen LogP contribution in [0.4, 0.5) is 5.69 Å². The first-order chi connectivity index (χ1) is 6.75. The third-order valence-electron chi connectivity index (χ3n) is 2.59. The number of nitrogen functional groups attached to an aromatic ring is 1. The monoisotopic (exact) mass is 193 g/mol. The predicted molar refractivity (Wildman–Crippen MR) is 55.1 cm³/mol. The molecule has 3 N–H and O–H groups in total. The number of aliphatic hydroxyl groups excluding tert-OH is 1. The van der Waals surface area contributed by atoms with Crippen LogP contribution in [0.2, 0.25) is 0 Å². The molecule has 0 amide bonds. The SMILES string of the molecule is Nc1ccc(OC2CCCC2O)cc1. The summed E-state index contributed by atoms with van der Waals surface area (Å²) in [5, 5.41) is 9.56. The lowest BCUT2D eigenvalue weighted by molar-refractivity contribution is 0.0604. The highest BCUT2D eigenvalue weighted by molar-refractivity contribution is 5.41. The van der Waals surface area contributed by atoms with Crippen LogP contribution in [0.3, 0.4) is 0 Å². The lowest BCUT2D eigenvalue weighted by Crippen LogP contribution is -2.25. The highest BCUT2D eigenvalue weighted by atomic mass is 16.5. The van der Waals surface area contributed by atoms with Crippen LogP contribution in [0.25, 0.3) is 0 Å². The van der Waals surface area contributed by atoms with Gasteiger partial charge in [-0.15, -0.1) is 0 Å². The Morgan fingerprint density at radius 3 is 2.50 bits per heavy atom. The first kappa shape index (κ1) is 9.34. The first-order valence-corrected chi connectivity index (χ1v) is 4.96. The van der Waals surface area contributed by atoms with Crippen molar-refractivity contribution in [2.45, 2.75) is 31.5 Å². The molecule has 2 rings (SSSR count). The Bertz CT molecular complexity index is 297. The van der Waals surface area contributed by atoms with Gasteiger partial charge >= 0.3 is 0 Å². The van der Waals surface area contributed by atoms with E-state index in [0.29, 0.717) is 0 Å². The summed E-state index contributed by atoms with van der Waals surface area (Å²) in [6, 6.07) is 7.27. The van der Waals surface area contributed by atoms with E-state index in [4.69, 9.17) is 10.5 Å². The molecule has 0 bridgehead atoms. The van der Waals surface area contributed by atoms with Gasteiger partial charge in [-0.25, -0.2) is 0 Å². The Kier molecular flexibility index (Phi) is 2.59. The van der Waals surface area contributed by atoms with Crippen LogP contribution in [0.15, 0.2) is 24.3 Å². The van der Waals surface area contributed by atoms with E-state index in [0.717, 1.165) is 30.7 Å². The molecule has 1 aromatic carbocycles. The van der Waals surface area contributed by atoms with Gasteiger partial charge in [0.15, 0.2) is 0 Å². The summed E-state index contributed by atoms with van der Waals surface area (Å²) in [5.74, 6) is 0.783. The van der Waals surface area contributed by atoms with Crippen LogP contribution in [-0.4, -0.2) is 17.3 Å². The number of benzene rings is 1. The van der Waals surface area contributed by atoms with Gasteiger partial charge in [0, 0.05) is 5.69 Å². The molecule has 1 fully saturated rings. The first-order valence-electron chi connectivity index (χ1n) is 4.96. The molecule has 3 nitrogen and oxygen atoms in total. The van der Waals surface area contributed by atoms with E-state index in [2.05, 4.69) is 0 Å². The molecular formula is C11H15NO2. The number of anilines is 1. The van der Waals surface area contributed by atoms with E-state index in [1.807, 2.05) is 12.1 Å². The van der Waals surface area contributed by atoms with E-state index < -0.39 is 0 Å². The predicted octanol–water partition coefficient (Wildman–Crippen LogP) is 1.56. The molecule has 0 saturated heterocycles. The van der Waals surface area contributed by atoms with Gasteiger partial charge in [-0.2, -0.15) is 0 Å². The van der Waals surface area contributed by atoms with E-state index >= 15 is 0 Å². The minimum Gasteiger partial charge on any atom is -0.488 e. The molecule has 2 atom stereocenters. The molecule has 76 valence electrons. The molecular weight excluding hydrogens is 178 g/mol. The van der Waals surface area contributed by atoms with Gasteiger partial charge in [0.2, 0.25) is 0 Å². The summed E-state index contributed by atoms with van der Waals surface area (Å²) in [6.07, 6.45) is 2.47. The molecule has 14 heavy (non-hydrogen) atoms. The van der Waals surface area contributed by atoms with Crippen LogP contribution in [0.5, 0.6) is 5.75 Å². The van der Waals surface area contributed by atoms with Crippen molar-refractivity contribution in [1.29, 1.82) is 0 Å². The molecule has 1 saturated carbocycles. The summed E-state index contributed by atoms with van der Waals surface area (Å²) in [6.45, 7) is 0. The molecule has 1 aliphatic rings. The molecule has 0 aromatic heterocycles. The summed E-state index contributed by atoms with van der Waals surface area (Å²) >= 11 is 0. The highest BCUT2D eigenvalue weighted by Crippen LogP contribution is 2.24. The Labute approximate surface area is 83.5 Å². The molecule has 0 spiro atoms. The Hall–Kier alpha value is -1.22. The number of nitrogens with two attached hydrogens (primary N) is 1. The normalized spacial score (nSPS) is 26.4. The molecule has 1 aliphatic carbocycles. The van der Waals surface area contributed by atoms with Crippen LogP contribution in [-0.2, 0) is 0 Å². The van der Waals surface area contributed by atoms with Gasteiger partial charge in [0.1, 0.15) is 11.9 Å². The standard InChI is InChI=1S/C11H15NO2/c12-8-4-6-9(7-5-8)14-11-3-1-2-10(11)13/h4-7,10-11,13H,1-3,12H2. The van der Waals surface area contributed by atoms with Crippen LogP contribution in [0.1, 0.15) is 19.3 Å². The maximum absolute atomic E-state index is 9.56. The minimum absolute atomic E-state index is 0.0429. The largest absolute Gasteiger partial charge is 0.488 e. The van der Waals surface area contributed by atoms with Crippen molar-refractivity contribution in [3.63, 3.8) is 0 Å². The summed E-state index contributed by atoms with van der Waals surface area (Å²) in [5.41, 5.74) is 6.28. The molecule has 1 aromatic rings. The van der Waals surface area contributed by atoms with Crippen molar-refractivity contribution in [3.05, 3.63) is 24.3 Å². The van der Waals surface area contributed by atoms with E-state index in [9.17, 15) is 5.11 Å². The second-order valence-electron chi connectivity index (χ2n) is 3.72. The van der Waals surface area contributed by atoms with Gasteiger partial charge in [-0.3, -0.25) is 0 Å². The second-order valence-corrected chi connectivity index (χ2v) is 3.72. The maximum atomic E-state index is 9.56. The number of ether oxygens (including phenoxy) is 1. The second kappa shape index (κ2) is 3.88. The fraction of sp³-hybridized carbons (Fsp3) is 0.455. The fourth-order valence-electron chi connectivity index (χ4n) is 1.77. The average Bonchev–Trinajstić information content (AvgIpc) is 2.56. The van der Waals surface area contributed by atoms with Crippen LogP contribution < -0.4 is 10.5 Å². The number of rotatable bonds is 2. The van der Waals surface area contributed by atoms with Crippen molar-refractivity contribution in [3.8, 4) is 5.75 Å². The lowest BCUT2D eigenvalue weighted by Gasteiger charge is -2.16. The number of hydrogen-bond donors (Lipinski definition) is 2. The zero-order valence-corrected chi connectivity index (χ0v) is 8.02. The van der Waals surface area contributed by atoms with Crippen LogP contribution in [0, 0.1) is 0 Å². The quantitative estimate of drug-likeness (QED) is 0.701. The zero-order chi connectivity index (χ0) is 9.97. The van der Waals surface area contributed by atoms with Gasteiger partial charge in [-0.1, -0.05) is 0 Å². The molecule has 2 unspecified atom stereocenters. The summed E-state index contributed by atoms with van der Waals surface area (Å²) in [4.78, 5) is 0. The van der Waals surface area contributed by atoms with Gasteiger partial charge in [0.25, 0.3) is 0 Å². The van der Waals surface area contributed by atoms with Crippen molar-refractivity contribution in [2.24, 2.45) is 0 Å². The van der Waals surface area contributed by atoms with Gasteiger partial charge in [0.05, 0.1) is 6.10 Å². The van der Waals surface area contributed by atoms with Crippen molar-refractivity contribution < 1.29 is 9.84 Å². The zero-order valence-electron chi connectivity index (χ0n) is 8.02. The third kappa shape index (κ3) is 1.99. The Balaban J connectivity index is 2.00. The molecule has 0 heterocycles. The number of aliphatic hydroxyl groups is 1. The molecule has 0 aliphatic heterocycles. The topological polar surface area (TPSA) is 55.5 Å². The van der Waals surface area contributed by atoms with Gasteiger partial charge in [-0.05, 0) is 43.5 Å². The van der Waals surface area contributed by atoms with Crippen LogP contribution >= 0.6 is 0 Å². The maximum Gasteiger partial charge on any atom is 0.124 e. The average molecular weight is 193 g/mol. The summed E-state index contributed by atoms with van der Waals surface area (Å²) < 4.78 is 5.64. The number of hydrogen-bond acceptors (Lipinski definition) is 3. The molecule has 0 radical (unpaired) electrons. The van der Waals surface area contributed by atoms with E-state index in [-0.39, 0.29) is 12.2 Å². The van der Waals surface area contributed by atoms with Gasteiger partial charge < -0.3 is 15.6 Å².